The van der Waals surface area contributed by atoms with E-state index < -0.39 is 12.0 Å². The topological polar surface area (TPSA) is 62.2 Å². The van der Waals surface area contributed by atoms with E-state index in [4.69, 9.17) is 11.6 Å². The highest BCUT2D eigenvalue weighted by Crippen LogP contribution is 2.25. The molecule has 2 aromatic rings. The molecule has 0 aliphatic rings. The van der Waals surface area contributed by atoms with Crippen molar-refractivity contribution in [2.45, 2.75) is 26.3 Å². The third kappa shape index (κ3) is 3.39. The van der Waals surface area contributed by atoms with E-state index >= 15 is 0 Å². The minimum Gasteiger partial charge on any atom is -0.480 e. The van der Waals surface area contributed by atoms with Gasteiger partial charge < -0.3 is 10.4 Å². The number of rotatable bonds is 5. The lowest BCUT2D eigenvalue weighted by Crippen LogP contribution is -2.31. The van der Waals surface area contributed by atoms with E-state index in [1.165, 1.54) is 0 Å². The van der Waals surface area contributed by atoms with Gasteiger partial charge in [0, 0.05) is 16.6 Å². The second kappa shape index (κ2) is 6.09. The van der Waals surface area contributed by atoms with Gasteiger partial charge in [-0.3, -0.25) is 0 Å². The van der Waals surface area contributed by atoms with E-state index in [0.29, 0.717) is 17.3 Å². The molecule has 0 amide bonds. The fraction of sp³-hybridized carbons (Fsp3) is 0.333. The summed E-state index contributed by atoms with van der Waals surface area (Å²) in [6.45, 7) is 3.99. The Balaban J connectivity index is 2.34. The molecule has 0 bridgehead atoms. The first-order chi connectivity index (χ1) is 9.47. The van der Waals surface area contributed by atoms with Crippen molar-refractivity contribution in [3.63, 3.8) is 0 Å². The first-order valence-corrected chi connectivity index (χ1v) is 6.89. The van der Waals surface area contributed by atoms with Crippen LogP contribution in [0, 0.1) is 5.92 Å². The second-order valence-corrected chi connectivity index (χ2v) is 5.63. The van der Waals surface area contributed by atoms with Gasteiger partial charge in [0.25, 0.3) is 0 Å². The maximum absolute atomic E-state index is 11.3. The number of benzene rings is 1. The van der Waals surface area contributed by atoms with Crippen LogP contribution in [0.3, 0.4) is 0 Å². The standard InChI is InChI=1S/C15H17ClN2O2/c1-9(2)7-13(15(19)20)18-14-12-4-3-11(16)8-10(12)5-6-17-14/h3-6,8-9,13H,7H2,1-2H3,(H,17,18)(H,19,20). The Bertz CT molecular complexity index is 628. The highest BCUT2D eigenvalue weighted by molar-refractivity contribution is 6.31. The van der Waals surface area contributed by atoms with Gasteiger partial charge in [-0.25, -0.2) is 9.78 Å². The lowest BCUT2D eigenvalue weighted by molar-refractivity contribution is -0.138. The van der Waals surface area contributed by atoms with Crippen molar-refractivity contribution >= 4 is 34.2 Å². The van der Waals surface area contributed by atoms with Gasteiger partial charge >= 0.3 is 5.97 Å². The zero-order chi connectivity index (χ0) is 14.7. The number of hydrogen-bond donors (Lipinski definition) is 2. The summed E-state index contributed by atoms with van der Waals surface area (Å²) in [5.41, 5.74) is 0. The third-order valence-electron chi connectivity index (χ3n) is 3.04. The Labute approximate surface area is 122 Å². The second-order valence-electron chi connectivity index (χ2n) is 5.19. The SMILES string of the molecule is CC(C)CC(Nc1nccc2cc(Cl)ccc12)C(=O)O. The molecule has 0 spiro atoms. The number of carboxylic acids is 1. The number of halogens is 1. The molecule has 0 aliphatic heterocycles. The Morgan fingerprint density at radius 3 is 2.80 bits per heavy atom. The van der Waals surface area contributed by atoms with Crippen molar-refractivity contribution in [2.75, 3.05) is 5.32 Å². The van der Waals surface area contributed by atoms with Crippen LogP contribution in [0.4, 0.5) is 5.82 Å². The molecule has 4 nitrogen and oxygen atoms in total. The van der Waals surface area contributed by atoms with Crippen molar-refractivity contribution < 1.29 is 9.90 Å². The predicted octanol–water partition coefficient (Wildman–Crippen LogP) is 3.80. The lowest BCUT2D eigenvalue weighted by atomic mass is 10.0. The van der Waals surface area contributed by atoms with E-state index in [-0.39, 0.29) is 5.92 Å². The molecular weight excluding hydrogens is 276 g/mol. The van der Waals surface area contributed by atoms with Crippen LogP contribution in [-0.2, 0) is 4.79 Å². The van der Waals surface area contributed by atoms with Crippen molar-refractivity contribution in [2.24, 2.45) is 5.92 Å². The summed E-state index contributed by atoms with van der Waals surface area (Å²) in [6.07, 6.45) is 2.19. The molecule has 0 saturated heterocycles. The lowest BCUT2D eigenvalue weighted by Gasteiger charge is -2.18. The largest absolute Gasteiger partial charge is 0.480 e. The van der Waals surface area contributed by atoms with Crippen molar-refractivity contribution in [3.05, 3.63) is 35.5 Å². The van der Waals surface area contributed by atoms with E-state index in [9.17, 15) is 9.90 Å². The van der Waals surface area contributed by atoms with Gasteiger partial charge in [0.15, 0.2) is 0 Å². The van der Waals surface area contributed by atoms with Crippen LogP contribution in [0.1, 0.15) is 20.3 Å². The van der Waals surface area contributed by atoms with E-state index in [1.54, 1.807) is 12.3 Å². The zero-order valence-corrected chi connectivity index (χ0v) is 12.2. The smallest absolute Gasteiger partial charge is 0.326 e. The number of nitrogens with zero attached hydrogens (tertiary/aromatic N) is 1. The highest BCUT2D eigenvalue weighted by atomic mass is 35.5. The summed E-state index contributed by atoms with van der Waals surface area (Å²) in [5.74, 6) is -0.00768. The maximum atomic E-state index is 11.3. The van der Waals surface area contributed by atoms with Crippen LogP contribution in [0.2, 0.25) is 5.02 Å². The molecular formula is C15H17ClN2O2. The monoisotopic (exact) mass is 292 g/mol. The van der Waals surface area contributed by atoms with Gasteiger partial charge in [-0.05, 0) is 42.0 Å². The molecule has 0 fully saturated rings. The number of aliphatic carboxylic acids is 1. The van der Waals surface area contributed by atoms with Gasteiger partial charge in [0.05, 0.1) is 0 Å². The number of aromatic nitrogens is 1. The Morgan fingerprint density at radius 2 is 2.15 bits per heavy atom. The van der Waals surface area contributed by atoms with Gasteiger partial charge in [0.1, 0.15) is 11.9 Å². The number of carboxylic acid groups (broad SMARTS) is 1. The summed E-state index contributed by atoms with van der Waals surface area (Å²) in [7, 11) is 0. The summed E-state index contributed by atoms with van der Waals surface area (Å²) in [4.78, 5) is 15.6. The third-order valence-corrected chi connectivity index (χ3v) is 3.28. The Hall–Kier alpha value is -1.81. The summed E-state index contributed by atoms with van der Waals surface area (Å²) in [6, 6.07) is 6.66. The van der Waals surface area contributed by atoms with Crippen molar-refractivity contribution in [1.82, 2.24) is 4.98 Å². The van der Waals surface area contributed by atoms with Gasteiger partial charge in [-0.2, -0.15) is 0 Å². The molecule has 2 N–H and O–H groups in total. The Kier molecular flexibility index (Phi) is 4.45. The average molecular weight is 293 g/mol. The number of hydrogen-bond acceptors (Lipinski definition) is 3. The molecule has 1 aromatic heterocycles. The fourth-order valence-electron chi connectivity index (χ4n) is 2.12. The fourth-order valence-corrected chi connectivity index (χ4v) is 2.30. The molecule has 20 heavy (non-hydrogen) atoms. The van der Waals surface area contributed by atoms with Crippen LogP contribution >= 0.6 is 11.6 Å². The first-order valence-electron chi connectivity index (χ1n) is 6.51. The molecule has 1 atom stereocenters. The summed E-state index contributed by atoms with van der Waals surface area (Å²) < 4.78 is 0. The molecule has 1 aromatic carbocycles. The molecule has 1 heterocycles. The van der Waals surface area contributed by atoms with Crippen molar-refractivity contribution in [1.29, 1.82) is 0 Å². The van der Waals surface area contributed by atoms with E-state index in [0.717, 1.165) is 10.8 Å². The molecule has 0 saturated carbocycles. The van der Waals surface area contributed by atoms with Crippen LogP contribution in [0.15, 0.2) is 30.5 Å². The molecule has 0 radical (unpaired) electrons. The summed E-state index contributed by atoms with van der Waals surface area (Å²) in [5, 5.41) is 14.8. The molecule has 106 valence electrons. The normalized spacial score (nSPS) is 12.6. The van der Waals surface area contributed by atoms with Gasteiger partial charge in [-0.15, -0.1) is 0 Å². The molecule has 0 aliphatic carbocycles. The quantitative estimate of drug-likeness (QED) is 0.880. The number of nitrogens with one attached hydrogen (secondary N) is 1. The van der Waals surface area contributed by atoms with Crippen LogP contribution in [0.5, 0.6) is 0 Å². The number of anilines is 1. The minimum absolute atomic E-state index is 0.285. The zero-order valence-electron chi connectivity index (χ0n) is 11.4. The first kappa shape index (κ1) is 14.6. The summed E-state index contributed by atoms with van der Waals surface area (Å²) >= 11 is 5.96. The predicted molar refractivity (Wildman–Crippen MR) is 81.3 cm³/mol. The highest BCUT2D eigenvalue weighted by Gasteiger charge is 2.19. The van der Waals surface area contributed by atoms with Gasteiger partial charge in [0.2, 0.25) is 0 Å². The minimum atomic E-state index is -0.869. The van der Waals surface area contributed by atoms with Crippen LogP contribution < -0.4 is 5.32 Å². The average Bonchev–Trinajstić information content (AvgIpc) is 2.37. The molecule has 5 heteroatoms. The maximum Gasteiger partial charge on any atom is 0.326 e. The molecule has 2 rings (SSSR count). The number of fused-ring (bicyclic) bond motifs is 1. The van der Waals surface area contributed by atoms with E-state index in [2.05, 4.69) is 10.3 Å². The van der Waals surface area contributed by atoms with Crippen LogP contribution in [0.25, 0.3) is 10.8 Å². The number of carbonyl (C=O) groups is 1. The van der Waals surface area contributed by atoms with E-state index in [1.807, 2.05) is 32.0 Å². The number of pyridine rings is 1. The van der Waals surface area contributed by atoms with Gasteiger partial charge in [-0.1, -0.05) is 25.4 Å². The van der Waals surface area contributed by atoms with Crippen LogP contribution in [-0.4, -0.2) is 22.1 Å². The Morgan fingerprint density at radius 1 is 1.40 bits per heavy atom. The molecule has 1 unspecified atom stereocenters. The van der Waals surface area contributed by atoms with Crippen molar-refractivity contribution in [3.8, 4) is 0 Å².